The molecule has 3 aromatic rings. The zero-order chi connectivity index (χ0) is 13.9. The fourth-order valence-electron chi connectivity index (χ4n) is 2.03. The molecule has 1 aromatic heterocycles. The highest BCUT2D eigenvalue weighted by atomic mass is 19.1. The number of halogens is 1. The molecule has 0 fully saturated rings. The molecule has 0 aliphatic carbocycles. The van der Waals surface area contributed by atoms with E-state index in [-0.39, 0.29) is 11.6 Å². The van der Waals surface area contributed by atoms with E-state index in [1.165, 1.54) is 12.1 Å². The molecule has 20 heavy (non-hydrogen) atoms. The summed E-state index contributed by atoms with van der Waals surface area (Å²) in [6, 6.07) is 15.4. The number of rotatable bonds is 2. The van der Waals surface area contributed by atoms with Crippen LogP contribution in [0.15, 0.2) is 54.6 Å². The lowest BCUT2D eigenvalue weighted by atomic mass is 10.1. The van der Waals surface area contributed by atoms with Crippen molar-refractivity contribution in [3.63, 3.8) is 0 Å². The van der Waals surface area contributed by atoms with Crippen LogP contribution in [0.1, 0.15) is 11.3 Å². The molecule has 1 N–H and O–H groups in total. The number of hydrogen-bond acceptors (Lipinski definition) is 2. The van der Waals surface area contributed by atoms with Gasteiger partial charge < -0.3 is 5.11 Å². The number of hydrogen-bond donors (Lipinski definition) is 1. The van der Waals surface area contributed by atoms with E-state index in [1.54, 1.807) is 30.4 Å². The van der Waals surface area contributed by atoms with E-state index < -0.39 is 0 Å². The number of aromatic nitrogens is 1. The second-order valence-electron chi connectivity index (χ2n) is 4.47. The van der Waals surface area contributed by atoms with Gasteiger partial charge in [-0.1, -0.05) is 36.4 Å². The summed E-state index contributed by atoms with van der Waals surface area (Å²) in [5, 5.41) is 10.7. The summed E-state index contributed by atoms with van der Waals surface area (Å²) in [5.74, 6) is -0.111. The van der Waals surface area contributed by atoms with Crippen LogP contribution < -0.4 is 0 Å². The van der Waals surface area contributed by atoms with Gasteiger partial charge in [-0.25, -0.2) is 9.37 Å². The molecule has 0 radical (unpaired) electrons. The van der Waals surface area contributed by atoms with E-state index in [0.29, 0.717) is 11.2 Å². The van der Waals surface area contributed by atoms with Crippen molar-refractivity contribution in [3.05, 3.63) is 71.7 Å². The van der Waals surface area contributed by atoms with E-state index in [1.807, 2.05) is 24.3 Å². The van der Waals surface area contributed by atoms with Gasteiger partial charge in [0.1, 0.15) is 17.1 Å². The molecular weight excluding hydrogens is 253 g/mol. The Bertz CT molecular complexity index is 796. The first-order valence-electron chi connectivity index (χ1n) is 6.25. The molecule has 0 spiro atoms. The largest absolute Gasteiger partial charge is 0.506 e. The Kier molecular flexibility index (Phi) is 3.17. The average Bonchev–Trinajstić information content (AvgIpc) is 2.46. The predicted octanol–water partition coefficient (Wildman–Crippen LogP) is 4.25. The van der Waals surface area contributed by atoms with Crippen molar-refractivity contribution in [1.29, 1.82) is 0 Å². The standard InChI is InChI=1S/C17H12FNO/c18-14-5-1-3-12(11-14)7-9-15-10-8-13-4-2-6-16(20)17(13)19-15/h1-11,20H/b9-7+. The number of phenolic OH excluding ortho intramolecular Hbond substituents is 1. The Morgan fingerprint density at radius 2 is 1.80 bits per heavy atom. The molecule has 0 bridgehead atoms. The summed E-state index contributed by atoms with van der Waals surface area (Å²) in [5.41, 5.74) is 2.04. The van der Waals surface area contributed by atoms with Crippen LogP contribution in [0.4, 0.5) is 4.39 Å². The number of nitrogens with zero attached hydrogens (tertiary/aromatic N) is 1. The van der Waals surface area contributed by atoms with Crippen molar-refractivity contribution in [3.8, 4) is 5.75 Å². The third-order valence-electron chi connectivity index (χ3n) is 3.02. The van der Waals surface area contributed by atoms with Gasteiger partial charge in [0.25, 0.3) is 0 Å². The molecule has 0 saturated carbocycles. The molecule has 0 amide bonds. The van der Waals surface area contributed by atoms with Crippen LogP contribution in [0, 0.1) is 5.82 Å². The highest BCUT2D eigenvalue weighted by molar-refractivity contribution is 5.85. The Morgan fingerprint density at radius 1 is 0.950 bits per heavy atom. The van der Waals surface area contributed by atoms with Gasteiger partial charge in [-0.05, 0) is 35.9 Å². The molecule has 0 unspecified atom stereocenters. The molecule has 3 rings (SSSR count). The Labute approximate surface area is 115 Å². The van der Waals surface area contributed by atoms with Crippen LogP contribution in [-0.2, 0) is 0 Å². The van der Waals surface area contributed by atoms with E-state index in [2.05, 4.69) is 4.98 Å². The number of benzene rings is 2. The minimum absolute atomic E-state index is 0.156. The summed E-state index contributed by atoms with van der Waals surface area (Å²) in [4.78, 5) is 4.38. The first-order chi connectivity index (χ1) is 9.72. The number of para-hydroxylation sites is 1. The van der Waals surface area contributed by atoms with Gasteiger partial charge in [0.05, 0.1) is 5.69 Å². The van der Waals surface area contributed by atoms with Gasteiger partial charge >= 0.3 is 0 Å². The van der Waals surface area contributed by atoms with Crippen LogP contribution in [0.2, 0.25) is 0 Å². The normalized spacial score (nSPS) is 11.2. The summed E-state index contributed by atoms with van der Waals surface area (Å²) in [6.45, 7) is 0. The second-order valence-corrected chi connectivity index (χ2v) is 4.47. The van der Waals surface area contributed by atoms with Crippen molar-refractivity contribution in [2.24, 2.45) is 0 Å². The van der Waals surface area contributed by atoms with E-state index in [0.717, 1.165) is 10.9 Å². The van der Waals surface area contributed by atoms with Gasteiger partial charge in [-0.3, -0.25) is 0 Å². The molecule has 1 heterocycles. The van der Waals surface area contributed by atoms with Gasteiger partial charge in [0, 0.05) is 5.39 Å². The Morgan fingerprint density at radius 3 is 2.65 bits per heavy atom. The van der Waals surface area contributed by atoms with E-state index in [4.69, 9.17) is 0 Å². The topological polar surface area (TPSA) is 33.1 Å². The van der Waals surface area contributed by atoms with Crippen LogP contribution in [-0.4, -0.2) is 10.1 Å². The van der Waals surface area contributed by atoms with Crippen molar-refractivity contribution in [2.75, 3.05) is 0 Å². The van der Waals surface area contributed by atoms with Gasteiger partial charge in [0.15, 0.2) is 0 Å². The van der Waals surface area contributed by atoms with E-state index >= 15 is 0 Å². The lowest BCUT2D eigenvalue weighted by Crippen LogP contribution is -1.84. The maximum Gasteiger partial charge on any atom is 0.141 e. The third-order valence-corrected chi connectivity index (χ3v) is 3.02. The minimum atomic E-state index is -0.267. The highest BCUT2D eigenvalue weighted by Crippen LogP contribution is 2.22. The van der Waals surface area contributed by atoms with Crippen molar-refractivity contribution in [1.82, 2.24) is 4.98 Å². The quantitative estimate of drug-likeness (QED) is 0.751. The minimum Gasteiger partial charge on any atom is -0.506 e. The molecule has 0 saturated heterocycles. The van der Waals surface area contributed by atoms with Crippen LogP contribution in [0.3, 0.4) is 0 Å². The molecule has 3 heteroatoms. The number of fused-ring (bicyclic) bond motifs is 1. The fraction of sp³-hybridized carbons (Fsp3) is 0. The highest BCUT2D eigenvalue weighted by Gasteiger charge is 2.00. The summed E-state index contributed by atoms with van der Waals surface area (Å²) in [6.07, 6.45) is 3.58. The third kappa shape index (κ3) is 2.52. The molecule has 2 nitrogen and oxygen atoms in total. The predicted molar refractivity (Wildman–Crippen MR) is 78.7 cm³/mol. The first kappa shape index (κ1) is 12.4. The average molecular weight is 265 g/mol. The second kappa shape index (κ2) is 5.13. The maximum absolute atomic E-state index is 13.1. The maximum atomic E-state index is 13.1. The zero-order valence-corrected chi connectivity index (χ0v) is 10.6. The van der Waals surface area contributed by atoms with Crippen LogP contribution >= 0.6 is 0 Å². The number of phenols is 1. The zero-order valence-electron chi connectivity index (χ0n) is 10.6. The molecule has 0 atom stereocenters. The molecule has 0 aliphatic rings. The van der Waals surface area contributed by atoms with Crippen LogP contribution in [0.25, 0.3) is 23.1 Å². The first-order valence-corrected chi connectivity index (χ1v) is 6.25. The molecular formula is C17H12FNO. The van der Waals surface area contributed by atoms with Gasteiger partial charge in [-0.15, -0.1) is 0 Å². The summed E-state index contributed by atoms with van der Waals surface area (Å²) in [7, 11) is 0. The molecule has 0 aliphatic heterocycles. The van der Waals surface area contributed by atoms with Crippen LogP contribution in [0.5, 0.6) is 5.75 Å². The number of aromatic hydroxyl groups is 1. The number of pyridine rings is 1. The monoisotopic (exact) mass is 265 g/mol. The summed E-state index contributed by atoms with van der Waals surface area (Å²) >= 11 is 0. The Balaban J connectivity index is 1.97. The summed E-state index contributed by atoms with van der Waals surface area (Å²) < 4.78 is 13.1. The SMILES string of the molecule is Oc1cccc2ccc(/C=C/c3cccc(F)c3)nc12. The fourth-order valence-corrected chi connectivity index (χ4v) is 2.03. The Hall–Kier alpha value is -2.68. The van der Waals surface area contributed by atoms with Crippen molar-refractivity contribution < 1.29 is 9.50 Å². The lowest BCUT2D eigenvalue weighted by molar-refractivity contribution is 0.480. The van der Waals surface area contributed by atoms with E-state index in [9.17, 15) is 9.50 Å². The van der Waals surface area contributed by atoms with Gasteiger partial charge in [0.2, 0.25) is 0 Å². The van der Waals surface area contributed by atoms with Gasteiger partial charge in [-0.2, -0.15) is 0 Å². The van der Waals surface area contributed by atoms with Crippen molar-refractivity contribution in [2.45, 2.75) is 0 Å². The smallest absolute Gasteiger partial charge is 0.141 e. The molecule has 2 aromatic carbocycles. The van der Waals surface area contributed by atoms with Crippen molar-refractivity contribution >= 4 is 23.1 Å². The molecule has 98 valence electrons. The lowest BCUT2D eigenvalue weighted by Gasteiger charge is -2.01.